The van der Waals surface area contributed by atoms with Crippen molar-refractivity contribution in [3.63, 3.8) is 0 Å². The van der Waals surface area contributed by atoms with E-state index in [4.69, 9.17) is 5.11 Å². The molecule has 15 heavy (non-hydrogen) atoms. The van der Waals surface area contributed by atoms with Crippen LogP contribution in [-0.4, -0.2) is 38.8 Å². The van der Waals surface area contributed by atoms with Gasteiger partial charge in [-0.3, -0.25) is 9.89 Å². The summed E-state index contributed by atoms with van der Waals surface area (Å²) in [6, 6.07) is -0.286. The first-order valence-electron chi connectivity index (χ1n) is 5.00. The van der Waals surface area contributed by atoms with Crippen molar-refractivity contribution >= 4 is 5.91 Å². The van der Waals surface area contributed by atoms with Crippen LogP contribution in [0.2, 0.25) is 0 Å². The van der Waals surface area contributed by atoms with E-state index in [2.05, 4.69) is 20.5 Å². The maximum Gasteiger partial charge on any atom is 0.291 e. The van der Waals surface area contributed by atoms with Crippen LogP contribution in [-0.2, 0) is 6.42 Å². The number of H-pyrrole nitrogens is 1. The normalized spacial score (nSPS) is 12.5. The molecule has 6 heteroatoms. The first-order valence-corrected chi connectivity index (χ1v) is 5.00. The molecule has 0 aromatic carbocycles. The molecular weight excluding hydrogens is 196 g/mol. The van der Waals surface area contributed by atoms with Crippen LogP contribution >= 0.6 is 0 Å². The SMILES string of the molecule is CCCc1nc(C(=O)N[C@H](C)CO)n[nH]1. The highest BCUT2D eigenvalue weighted by molar-refractivity contribution is 5.90. The number of aliphatic hydroxyl groups excluding tert-OH is 1. The minimum Gasteiger partial charge on any atom is -0.394 e. The van der Waals surface area contributed by atoms with Crippen LogP contribution in [0.3, 0.4) is 0 Å². The third kappa shape index (κ3) is 3.32. The van der Waals surface area contributed by atoms with E-state index in [0.29, 0.717) is 5.82 Å². The second-order valence-corrected chi connectivity index (χ2v) is 3.41. The van der Waals surface area contributed by atoms with Crippen LogP contribution in [0.4, 0.5) is 0 Å². The van der Waals surface area contributed by atoms with Gasteiger partial charge in [-0.25, -0.2) is 4.98 Å². The Labute approximate surface area is 88.1 Å². The fraction of sp³-hybridized carbons (Fsp3) is 0.667. The summed E-state index contributed by atoms with van der Waals surface area (Å²) < 4.78 is 0. The van der Waals surface area contributed by atoms with Gasteiger partial charge in [-0.15, -0.1) is 5.10 Å². The molecule has 0 radical (unpaired) electrons. The quantitative estimate of drug-likeness (QED) is 0.634. The Hall–Kier alpha value is -1.43. The Morgan fingerprint density at radius 1 is 1.67 bits per heavy atom. The summed E-state index contributed by atoms with van der Waals surface area (Å²) in [6.45, 7) is 3.63. The molecule has 1 aromatic rings. The average Bonchev–Trinajstić information content (AvgIpc) is 2.67. The molecule has 0 unspecified atom stereocenters. The molecular formula is C9H16N4O2. The van der Waals surface area contributed by atoms with E-state index in [1.807, 2.05) is 6.92 Å². The molecule has 0 bridgehead atoms. The average molecular weight is 212 g/mol. The standard InChI is InChI=1S/C9H16N4O2/c1-3-4-7-11-8(13-12-7)9(15)10-6(2)5-14/h6,14H,3-5H2,1-2H3,(H,10,15)(H,11,12,13)/t6-/m1/s1. The number of aromatic nitrogens is 3. The number of aliphatic hydroxyl groups is 1. The molecule has 3 N–H and O–H groups in total. The number of nitrogens with zero attached hydrogens (tertiary/aromatic N) is 2. The van der Waals surface area contributed by atoms with Crippen molar-refractivity contribution in [3.8, 4) is 0 Å². The first kappa shape index (κ1) is 11.6. The van der Waals surface area contributed by atoms with Gasteiger partial charge in [0, 0.05) is 12.5 Å². The summed E-state index contributed by atoms with van der Waals surface area (Å²) >= 11 is 0. The molecule has 0 spiro atoms. The zero-order valence-electron chi connectivity index (χ0n) is 8.95. The van der Waals surface area contributed by atoms with E-state index in [1.165, 1.54) is 0 Å². The summed E-state index contributed by atoms with van der Waals surface area (Å²) in [5, 5.41) is 17.8. The lowest BCUT2D eigenvalue weighted by Crippen LogP contribution is -2.35. The van der Waals surface area contributed by atoms with Crippen LogP contribution in [0.1, 0.15) is 36.7 Å². The molecule has 0 aliphatic heterocycles. The van der Waals surface area contributed by atoms with Crippen molar-refractivity contribution in [2.75, 3.05) is 6.61 Å². The predicted octanol–water partition coefficient (Wildman–Crippen LogP) is -0.132. The van der Waals surface area contributed by atoms with Gasteiger partial charge in [0.1, 0.15) is 5.82 Å². The molecule has 84 valence electrons. The number of hydrogen-bond donors (Lipinski definition) is 3. The Balaban J connectivity index is 2.58. The number of carbonyl (C=O) groups is 1. The lowest BCUT2D eigenvalue weighted by molar-refractivity contribution is 0.0912. The smallest absolute Gasteiger partial charge is 0.291 e. The topological polar surface area (TPSA) is 90.9 Å². The fourth-order valence-corrected chi connectivity index (χ4v) is 1.08. The van der Waals surface area contributed by atoms with Gasteiger partial charge in [-0.05, 0) is 13.3 Å². The molecule has 6 nitrogen and oxygen atoms in total. The molecule has 0 saturated heterocycles. The van der Waals surface area contributed by atoms with E-state index in [9.17, 15) is 4.79 Å². The lowest BCUT2D eigenvalue weighted by Gasteiger charge is -2.07. The van der Waals surface area contributed by atoms with Crippen LogP contribution in [0, 0.1) is 0 Å². The van der Waals surface area contributed by atoms with Crippen LogP contribution in [0.15, 0.2) is 0 Å². The van der Waals surface area contributed by atoms with E-state index in [-0.39, 0.29) is 24.4 Å². The highest BCUT2D eigenvalue weighted by atomic mass is 16.3. The Morgan fingerprint density at radius 3 is 3.00 bits per heavy atom. The van der Waals surface area contributed by atoms with Crippen molar-refractivity contribution in [3.05, 3.63) is 11.6 Å². The third-order valence-corrected chi connectivity index (χ3v) is 1.87. The highest BCUT2D eigenvalue weighted by Crippen LogP contribution is 1.96. The van der Waals surface area contributed by atoms with E-state index >= 15 is 0 Å². The molecule has 1 atom stereocenters. The molecule has 0 aliphatic rings. The van der Waals surface area contributed by atoms with Crippen molar-refractivity contribution in [1.82, 2.24) is 20.5 Å². The molecule has 0 saturated carbocycles. The van der Waals surface area contributed by atoms with Crippen molar-refractivity contribution in [2.45, 2.75) is 32.7 Å². The van der Waals surface area contributed by atoms with Gasteiger partial charge in [0.15, 0.2) is 0 Å². The summed E-state index contributed by atoms with van der Waals surface area (Å²) in [7, 11) is 0. The van der Waals surface area contributed by atoms with Gasteiger partial charge in [0.2, 0.25) is 5.82 Å². The minimum atomic E-state index is -0.366. The summed E-state index contributed by atoms with van der Waals surface area (Å²) in [4.78, 5) is 15.5. The van der Waals surface area contributed by atoms with Crippen molar-refractivity contribution in [2.24, 2.45) is 0 Å². The van der Waals surface area contributed by atoms with Gasteiger partial charge >= 0.3 is 0 Å². The zero-order chi connectivity index (χ0) is 11.3. The van der Waals surface area contributed by atoms with Gasteiger partial charge in [-0.1, -0.05) is 6.92 Å². The summed E-state index contributed by atoms with van der Waals surface area (Å²) in [5.74, 6) is 0.466. The van der Waals surface area contributed by atoms with E-state index in [1.54, 1.807) is 6.92 Å². The number of rotatable bonds is 5. The molecule has 1 aromatic heterocycles. The maximum absolute atomic E-state index is 11.5. The van der Waals surface area contributed by atoms with Crippen LogP contribution in [0.25, 0.3) is 0 Å². The van der Waals surface area contributed by atoms with Crippen LogP contribution < -0.4 is 5.32 Å². The van der Waals surface area contributed by atoms with Crippen molar-refractivity contribution in [1.29, 1.82) is 0 Å². The fourth-order valence-electron chi connectivity index (χ4n) is 1.08. The molecule has 1 amide bonds. The molecule has 1 rings (SSSR count). The largest absolute Gasteiger partial charge is 0.394 e. The number of hydrogen-bond acceptors (Lipinski definition) is 4. The lowest BCUT2D eigenvalue weighted by atomic mass is 10.3. The molecule has 0 aliphatic carbocycles. The Bertz CT molecular complexity index is 324. The molecule has 0 fully saturated rings. The highest BCUT2D eigenvalue weighted by Gasteiger charge is 2.13. The Kier molecular flexibility index (Phi) is 4.23. The van der Waals surface area contributed by atoms with Gasteiger partial charge in [0.25, 0.3) is 5.91 Å². The monoisotopic (exact) mass is 212 g/mol. The molecule has 1 heterocycles. The zero-order valence-corrected chi connectivity index (χ0v) is 8.95. The number of amides is 1. The third-order valence-electron chi connectivity index (χ3n) is 1.87. The first-order chi connectivity index (χ1) is 7.17. The van der Waals surface area contributed by atoms with Gasteiger partial charge in [-0.2, -0.15) is 0 Å². The number of aromatic amines is 1. The van der Waals surface area contributed by atoms with Gasteiger partial charge < -0.3 is 10.4 Å². The number of carbonyl (C=O) groups excluding carboxylic acids is 1. The second-order valence-electron chi connectivity index (χ2n) is 3.41. The van der Waals surface area contributed by atoms with Crippen molar-refractivity contribution < 1.29 is 9.90 Å². The summed E-state index contributed by atoms with van der Waals surface area (Å²) in [5.41, 5.74) is 0. The van der Waals surface area contributed by atoms with Crippen LogP contribution in [0.5, 0.6) is 0 Å². The van der Waals surface area contributed by atoms with Gasteiger partial charge in [0.05, 0.1) is 6.61 Å². The Morgan fingerprint density at radius 2 is 2.40 bits per heavy atom. The van der Waals surface area contributed by atoms with E-state index in [0.717, 1.165) is 12.8 Å². The predicted molar refractivity (Wildman–Crippen MR) is 54.4 cm³/mol. The minimum absolute atomic E-state index is 0.0992. The maximum atomic E-state index is 11.5. The summed E-state index contributed by atoms with van der Waals surface area (Å²) in [6.07, 6.45) is 1.72. The van der Waals surface area contributed by atoms with E-state index < -0.39 is 0 Å². The number of aryl methyl sites for hydroxylation is 1. The number of nitrogens with one attached hydrogen (secondary N) is 2. The second kappa shape index (κ2) is 5.45.